The van der Waals surface area contributed by atoms with Crippen LogP contribution in [0.3, 0.4) is 0 Å². The standard InChI is InChI=1S/C13H23N3O/c1-5-14-9-12-7-6-8-13(15-12)16(3)11(2)10-17-4/h6-8,11,14H,5,9-10H2,1-4H3. The van der Waals surface area contributed by atoms with Crippen molar-refractivity contribution >= 4 is 5.82 Å². The third-order valence-corrected chi connectivity index (χ3v) is 2.78. The van der Waals surface area contributed by atoms with Crippen LogP contribution < -0.4 is 10.2 Å². The van der Waals surface area contributed by atoms with Crippen molar-refractivity contribution in [1.82, 2.24) is 10.3 Å². The number of methoxy groups -OCH3 is 1. The van der Waals surface area contributed by atoms with Crippen LogP contribution in [0.2, 0.25) is 0 Å². The van der Waals surface area contributed by atoms with Crippen molar-refractivity contribution in [3.63, 3.8) is 0 Å². The van der Waals surface area contributed by atoms with Gasteiger partial charge in [0.2, 0.25) is 0 Å². The largest absolute Gasteiger partial charge is 0.383 e. The molecule has 1 N–H and O–H groups in total. The quantitative estimate of drug-likeness (QED) is 0.782. The highest BCUT2D eigenvalue weighted by Gasteiger charge is 2.10. The summed E-state index contributed by atoms with van der Waals surface area (Å²) in [6, 6.07) is 6.44. The van der Waals surface area contributed by atoms with Gasteiger partial charge in [-0.2, -0.15) is 0 Å². The number of anilines is 1. The van der Waals surface area contributed by atoms with Crippen LogP contribution in [-0.2, 0) is 11.3 Å². The highest BCUT2D eigenvalue weighted by molar-refractivity contribution is 5.39. The molecule has 4 nitrogen and oxygen atoms in total. The fraction of sp³-hybridized carbons (Fsp3) is 0.615. The minimum atomic E-state index is 0.321. The van der Waals surface area contributed by atoms with E-state index in [1.54, 1.807) is 7.11 Å². The lowest BCUT2D eigenvalue weighted by Gasteiger charge is -2.25. The Bertz CT molecular complexity index is 330. The zero-order valence-corrected chi connectivity index (χ0v) is 11.2. The third kappa shape index (κ3) is 4.32. The van der Waals surface area contributed by atoms with Gasteiger partial charge in [-0.25, -0.2) is 4.98 Å². The van der Waals surface area contributed by atoms with Crippen molar-refractivity contribution in [2.45, 2.75) is 26.4 Å². The number of pyridine rings is 1. The molecule has 96 valence electrons. The van der Waals surface area contributed by atoms with Crippen LogP contribution in [0.5, 0.6) is 0 Å². The molecule has 0 bridgehead atoms. The summed E-state index contributed by atoms with van der Waals surface area (Å²) in [6.07, 6.45) is 0. The predicted molar refractivity (Wildman–Crippen MR) is 71.4 cm³/mol. The van der Waals surface area contributed by atoms with Gasteiger partial charge in [-0.3, -0.25) is 0 Å². The molecular formula is C13H23N3O. The van der Waals surface area contributed by atoms with Gasteiger partial charge in [0.1, 0.15) is 5.82 Å². The van der Waals surface area contributed by atoms with Crippen molar-refractivity contribution < 1.29 is 4.74 Å². The van der Waals surface area contributed by atoms with Crippen LogP contribution >= 0.6 is 0 Å². The SMILES string of the molecule is CCNCc1cccc(N(C)C(C)COC)n1. The Hall–Kier alpha value is -1.13. The average Bonchev–Trinajstić information content (AvgIpc) is 2.36. The van der Waals surface area contributed by atoms with Gasteiger partial charge < -0.3 is 15.0 Å². The fourth-order valence-corrected chi connectivity index (χ4v) is 1.59. The van der Waals surface area contributed by atoms with E-state index in [2.05, 4.69) is 29.0 Å². The van der Waals surface area contributed by atoms with Gasteiger partial charge in [0.05, 0.1) is 18.3 Å². The number of aromatic nitrogens is 1. The summed E-state index contributed by atoms with van der Waals surface area (Å²) in [5, 5.41) is 3.28. The number of likely N-dealkylation sites (N-methyl/N-ethyl adjacent to an activating group) is 1. The molecule has 0 saturated heterocycles. The molecule has 0 aliphatic heterocycles. The second-order valence-corrected chi connectivity index (χ2v) is 4.18. The molecule has 1 aromatic rings. The molecule has 0 radical (unpaired) electrons. The van der Waals surface area contributed by atoms with E-state index in [0.29, 0.717) is 12.6 Å². The molecule has 1 aromatic heterocycles. The van der Waals surface area contributed by atoms with Gasteiger partial charge in [0, 0.05) is 20.7 Å². The van der Waals surface area contributed by atoms with E-state index in [-0.39, 0.29) is 0 Å². The molecule has 0 aromatic carbocycles. The maximum Gasteiger partial charge on any atom is 0.128 e. The Morgan fingerprint density at radius 2 is 2.24 bits per heavy atom. The van der Waals surface area contributed by atoms with Gasteiger partial charge >= 0.3 is 0 Å². The van der Waals surface area contributed by atoms with E-state index in [1.807, 2.05) is 25.2 Å². The smallest absolute Gasteiger partial charge is 0.128 e. The lowest BCUT2D eigenvalue weighted by atomic mass is 10.3. The Morgan fingerprint density at radius 1 is 1.47 bits per heavy atom. The summed E-state index contributed by atoms with van der Waals surface area (Å²) in [5.41, 5.74) is 1.07. The Kier molecular flexibility index (Phi) is 5.94. The van der Waals surface area contributed by atoms with E-state index in [0.717, 1.165) is 24.6 Å². The first-order chi connectivity index (χ1) is 8.19. The van der Waals surface area contributed by atoms with E-state index in [1.165, 1.54) is 0 Å². The van der Waals surface area contributed by atoms with Crippen LogP contribution in [0.25, 0.3) is 0 Å². The number of rotatable bonds is 7. The molecule has 4 heteroatoms. The van der Waals surface area contributed by atoms with Crippen molar-refractivity contribution in [2.24, 2.45) is 0 Å². The van der Waals surface area contributed by atoms with Gasteiger partial charge in [-0.05, 0) is 25.6 Å². The lowest BCUT2D eigenvalue weighted by Crippen LogP contribution is -2.33. The number of nitrogens with one attached hydrogen (secondary N) is 1. The zero-order valence-electron chi connectivity index (χ0n) is 11.2. The molecule has 0 aliphatic rings. The normalized spacial score (nSPS) is 12.5. The Morgan fingerprint density at radius 3 is 2.88 bits per heavy atom. The molecule has 0 amide bonds. The molecule has 1 atom stereocenters. The fourth-order valence-electron chi connectivity index (χ4n) is 1.59. The molecule has 0 aliphatic carbocycles. The van der Waals surface area contributed by atoms with Gasteiger partial charge in [-0.1, -0.05) is 13.0 Å². The second kappa shape index (κ2) is 7.25. The molecule has 1 rings (SSSR count). The van der Waals surface area contributed by atoms with Crippen LogP contribution in [0.15, 0.2) is 18.2 Å². The van der Waals surface area contributed by atoms with Crippen LogP contribution in [0.1, 0.15) is 19.5 Å². The maximum atomic E-state index is 5.16. The molecule has 1 unspecified atom stereocenters. The average molecular weight is 237 g/mol. The topological polar surface area (TPSA) is 37.4 Å². The van der Waals surface area contributed by atoms with Gasteiger partial charge in [0.25, 0.3) is 0 Å². The third-order valence-electron chi connectivity index (χ3n) is 2.78. The summed E-state index contributed by atoms with van der Waals surface area (Å²) >= 11 is 0. The second-order valence-electron chi connectivity index (χ2n) is 4.18. The monoisotopic (exact) mass is 237 g/mol. The minimum absolute atomic E-state index is 0.321. The van der Waals surface area contributed by atoms with Gasteiger partial charge in [-0.15, -0.1) is 0 Å². The van der Waals surface area contributed by atoms with Crippen molar-refractivity contribution in [2.75, 3.05) is 32.2 Å². The molecular weight excluding hydrogens is 214 g/mol. The molecule has 1 heterocycles. The predicted octanol–water partition coefficient (Wildman–Crippen LogP) is 1.66. The van der Waals surface area contributed by atoms with Crippen molar-refractivity contribution in [3.8, 4) is 0 Å². The first-order valence-corrected chi connectivity index (χ1v) is 6.07. The van der Waals surface area contributed by atoms with Crippen LogP contribution in [-0.4, -0.2) is 38.3 Å². The number of hydrogen-bond acceptors (Lipinski definition) is 4. The van der Waals surface area contributed by atoms with Crippen LogP contribution in [0, 0.1) is 0 Å². The summed E-state index contributed by atoms with van der Waals surface area (Å²) in [7, 11) is 3.77. The van der Waals surface area contributed by atoms with E-state index in [9.17, 15) is 0 Å². The molecule has 0 fully saturated rings. The van der Waals surface area contributed by atoms with Crippen molar-refractivity contribution in [1.29, 1.82) is 0 Å². The molecule has 17 heavy (non-hydrogen) atoms. The number of ether oxygens (including phenoxy) is 1. The number of hydrogen-bond donors (Lipinski definition) is 1. The highest BCUT2D eigenvalue weighted by atomic mass is 16.5. The summed E-state index contributed by atoms with van der Waals surface area (Å²) in [6.45, 7) is 6.70. The summed E-state index contributed by atoms with van der Waals surface area (Å²) in [5.74, 6) is 0.991. The number of nitrogens with zero attached hydrogens (tertiary/aromatic N) is 2. The maximum absolute atomic E-state index is 5.16. The molecule has 0 spiro atoms. The highest BCUT2D eigenvalue weighted by Crippen LogP contribution is 2.12. The summed E-state index contributed by atoms with van der Waals surface area (Å²) in [4.78, 5) is 6.76. The first-order valence-electron chi connectivity index (χ1n) is 6.07. The minimum Gasteiger partial charge on any atom is -0.383 e. The Balaban J connectivity index is 2.69. The molecule has 0 saturated carbocycles. The lowest BCUT2D eigenvalue weighted by molar-refractivity contribution is 0.183. The van der Waals surface area contributed by atoms with E-state index < -0.39 is 0 Å². The van der Waals surface area contributed by atoms with E-state index >= 15 is 0 Å². The van der Waals surface area contributed by atoms with Crippen LogP contribution in [0.4, 0.5) is 5.82 Å². The van der Waals surface area contributed by atoms with Crippen molar-refractivity contribution in [3.05, 3.63) is 23.9 Å². The van der Waals surface area contributed by atoms with Gasteiger partial charge in [0.15, 0.2) is 0 Å². The summed E-state index contributed by atoms with van der Waals surface area (Å²) < 4.78 is 5.16. The Labute approximate surface area is 104 Å². The zero-order chi connectivity index (χ0) is 12.7. The first kappa shape index (κ1) is 13.9. The van der Waals surface area contributed by atoms with E-state index in [4.69, 9.17) is 4.74 Å².